The average molecular weight is 297 g/mol. The molecule has 3 atom stereocenters. The summed E-state index contributed by atoms with van der Waals surface area (Å²) in [5.41, 5.74) is 1.57. The van der Waals surface area contributed by atoms with E-state index in [-0.39, 0.29) is 0 Å². The van der Waals surface area contributed by atoms with Crippen molar-refractivity contribution in [2.24, 2.45) is 34.0 Å². The normalized spacial score (nSPS) is 34.0. The summed E-state index contributed by atoms with van der Waals surface area (Å²) in [6.45, 7) is 17.5. The van der Waals surface area contributed by atoms with Crippen LogP contribution in [-0.2, 0) is 0 Å². The maximum atomic E-state index is 7.00. The second kappa shape index (κ2) is 6.60. The predicted octanol–water partition coefficient (Wildman–Crippen LogP) is 5.91. The molecule has 0 aromatic heterocycles. The number of aliphatic hydroxyl groups excluding tert-OH is 1. The molecule has 2 aliphatic rings. The Morgan fingerprint density at radius 2 is 1.52 bits per heavy atom. The van der Waals surface area contributed by atoms with Crippen LogP contribution in [0.2, 0.25) is 0 Å². The number of fused-ring (bicyclic) bond motifs is 1. The summed E-state index contributed by atoms with van der Waals surface area (Å²) in [4.78, 5) is 0. The monoisotopic (exact) mass is 296 g/mol. The first-order valence-electron chi connectivity index (χ1n) is 9.19. The predicted molar refractivity (Wildman–Crippen MR) is 93.3 cm³/mol. The molecule has 126 valence electrons. The van der Waals surface area contributed by atoms with Crippen LogP contribution < -0.4 is 0 Å². The Kier molecular flexibility index (Phi) is 5.98. The minimum absolute atomic E-state index is 0.465. The van der Waals surface area contributed by atoms with Crippen LogP contribution in [0.15, 0.2) is 0 Å². The minimum atomic E-state index is 0.465. The van der Waals surface area contributed by atoms with Gasteiger partial charge >= 0.3 is 0 Å². The molecular formula is C20H40O. The van der Waals surface area contributed by atoms with Gasteiger partial charge in [0.05, 0.1) is 0 Å². The molecule has 0 aromatic carbocycles. The molecule has 0 radical (unpaired) electrons. The Morgan fingerprint density at radius 1 is 1.05 bits per heavy atom. The van der Waals surface area contributed by atoms with Crippen LogP contribution in [0.5, 0.6) is 0 Å². The summed E-state index contributed by atoms with van der Waals surface area (Å²) >= 11 is 0. The van der Waals surface area contributed by atoms with Crippen molar-refractivity contribution in [1.29, 1.82) is 0 Å². The van der Waals surface area contributed by atoms with Crippen molar-refractivity contribution >= 4 is 0 Å². The molecule has 1 heteroatoms. The standard InChI is InChI=1S/C19H36.CH4O/c1-8-10-18(7,14(3)4)17(5,6)19(9-2)12-15-11-16(15)13-19;1-2/h14-16H,8-13H2,1-7H3;2H,1H3. The highest BCUT2D eigenvalue weighted by molar-refractivity contribution is 5.12. The number of hydrogen-bond acceptors (Lipinski definition) is 1. The molecule has 2 aliphatic carbocycles. The van der Waals surface area contributed by atoms with Crippen LogP contribution in [-0.4, -0.2) is 12.2 Å². The summed E-state index contributed by atoms with van der Waals surface area (Å²) in [5, 5.41) is 7.00. The van der Waals surface area contributed by atoms with Gasteiger partial charge in [-0.25, -0.2) is 0 Å². The second-order valence-corrected chi connectivity index (χ2v) is 8.75. The van der Waals surface area contributed by atoms with Gasteiger partial charge in [0.2, 0.25) is 0 Å². The molecule has 21 heavy (non-hydrogen) atoms. The van der Waals surface area contributed by atoms with E-state index in [4.69, 9.17) is 5.11 Å². The third kappa shape index (κ3) is 2.92. The molecule has 0 aliphatic heterocycles. The topological polar surface area (TPSA) is 20.2 Å². The van der Waals surface area contributed by atoms with Gasteiger partial charge in [-0.15, -0.1) is 0 Å². The molecule has 3 unspecified atom stereocenters. The van der Waals surface area contributed by atoms with E-state index in [1.54, 1.807) is 6.42 Å². The molecule has 0 spiro atoms. The van der Waals surface area contributed by atoms with E-state index in [1.807, 2.05) is 0 Å². The first kappa shape index (κ1) is 19.0. The van der Waals surface area contributed by atoms with Gasteiger partial charge in [0, 0.05) is 7.11 Å². The summed E-state index contributed by atoms with van der Waals surface area (Å²) in [7, 11) is 1.00. The van der Waals surface area contributed by atoms with E-state index < -0.39 is 0 Å². The van der Waals surface area contributed by atoms with Crippen molar-refractivity contribution in [2.45, 2.75) is 87.0 Å². The molecule has 1 N–H and O–H groups in total. The van der Waals surface area contributed by atoms with Gasteiger partial charge in [0.1, 0.15) is 0 Å². The first-order chi connectivity index (χ1) is 9.74. The van der Waals surface area contributed by atoms with Gasteiger partial charge < -0.3 is 5.11 Å². The van der Waals surface area contributed by atoms with Gasteiger partial charge in [-0.05, 0) is 66.1 Å². The second-order valence-electron chi connectivity index (χ2n) is 8.75. The van der Waals surface area contributed by atoms with Crippen LogP contribution in [0.25, 0.3) is 0 Å². The minimum Gasteiger partial charge on any atom is -0.400 e. The van der Waals surface area contributed by atoms with E-state index in [0.717, 1.165) is 24.9 Å². The molecule has 2 rings (SSSR count). The summed E-state index contributed by atoms with van der Waals surface area (Å²) in [5.74, 6) is 2.97. The van der Waals surface area contributed by atoms with Crippen molar-refractivity contribution in [3.05, 3.63) is 0 Å². The number of aliphatic hydroxyl groups is 1. The highest BCUT2D eigenvalue weighted by Gasteiger charge is 2.62. The highest BCUT2D eigenvalue weighted by atomic mass is 16.2. The fraction of sp³-hybridized carbons (Fsp3) is 1.00. The molecule has 0 bridgehead atoms. The average Bonchev–Trinajstić information content (AvgIpc) is 3.07. The Hall–Kier alpha value is -0.0400. The summed E-state index contributed by atoms with van der Waals surface area (Å²) in [6.07, 6.45) is 8.68. The van der Waals surface area contributed by atoms with Crippen molar-refractivity contribution < 1.29 is 5.11 Å². The van der Waals surface area contributed by atoms with E-state index in [0.29, 0.717) is 16.2 Å². The largest absolute Gasteiger partial charge is 0.400 e. The lowest BCUT2D eigenvalue weighted by atomic mass is 9.47. The number of hydrogen-bond donors (Lipinski definition) is 1. The van der Waals surface area contributed by atoms with E-state index in [9.17, 15) is 0 Å². The zero-order chi connectivity index (χ0) is 16.5. The molecule has 1 nitrogen and oxygen atoms in total. The lowest BCUT2D eigenvalue weighted by Gasteiger charge is -2.58. The zero-order valence-electron chi connectivity index (χ0n) is 15.9. The Morgan fingerprint density at radius 3 is 1.86 bits per heavy atom. The molecule has 2 fully saturated rings. The van der Waals surface area contributed by atoms with Gasteiger partial charge in [-0.1, -0.05) is 54.9 Å². The maximum Gasteiger partial charge on any atom is 0.0319 e. The summed E-state index contributed by atoms with van der Waals surface area (Å²) in [6, 6.07) is 0. The maximum absolute atomic E-state index is 7.00. The van der Waals surface area contributed by atoms with Crippen molar-refractivity contribution in [3.63, 3.8) is 0 Å². The van der Waals surface area contributed by atoms with Crippen LogP contribution in [0.4, 0.5) is 0 Å². The molecule has 0 heterocycles. The number of rotatable bonds is 6. The highest BCUT2D eigenvalue weighted by Crippen LogP contribution is 2.71. The van der Waals surface area contributed by atoms with Crippen molar-refractivity contribution in [3.8, 4) is 0 Å². The molecular weight excluding hydrogens is 256 g/mol. The van der Waals surface area contributed by atoms with Crippen LogP contribution in [0.3, 0.4) is 0 Å². The Labute approximate surface area is 133 Å². The fourth-order valence-corrected chi connectivity index (χ4v) is 5.59. The van der Waals surface area contributed by atoms with Gasteiger partial charge in [-0.3, -0.25) is 0 Å². The lowest BCUT2D eigenvalue weighted by Crippen LogP contribution is -2.50. The van der Waals surface area contributed by atoms with E-state index >= 15 is 0 Å². The van der Waals surface area contributed by atoms with Crippen LogP contribution in [0.1, 0.15) is 87.0 Å². The fourth-order valence-electron chi connectivity index (χ4n) is 5.59. The third-order valence-electron chi connectivity index (χ3n) is 7.85. The lowest BCUT2D eigenvalue weighted by molar-refractivity contribution is -0.0911. The van der Waals surface area contributed by atoms with Crippen molar-refractivity contribution in [1.82, 2.24) is 0 Å². The molecule has 0 saturated heterocycles. The van der Waals surface area contributed by atoms with E-state index in [2.05, 4.69) is 48.5 Å². The molecule has 0 aromatic rings. The van der Waals surface area contributed by atoms with Gasteiger partial charge in [-0.2, -0.15) is 0 Å². The quantitative estimate of drug-likeness (QED) is 0.646. The van der Waals surface area contributed by atoms with Gasteiger partial charge in [0.25, 0.3) is 0 Å². The zero-order valence-corrected chi connectivity index (χ0v) is 15.9. The first-order valence-corrected chi connectivity index (χ1v) is 9.19. The van der Waals surface area contributed by atoms with Crippen LogP contribution in [0, 0.1) is 34.0 Å². The van der Waals surface area contributed by atoms with Crippen LogP contribution >= 0.6 is 0 Å². The van der Waals surface area contributed by atoms with Crippen molar-refractivity contribution in [2.75, 3.05) is 7.11 Å². The summed E-state index contributed by atoms with van der Waals surface area (Å²) < 4.78 is 0. The Balaban J connectivity index is 0.00000106. The van der Waals surface area contributed by atoms with E-state index in [1.165, 1.54) is 32.1 Å². The Bertz CT molecular complexity index is 317. The smallest absolute Gasteiger partial charge is 0.0319 e. The third-order valence-corrected chi connectivity index (χ3v) is 7.85. The van der Waals surface area contributed by atoms with Gasteiger partial charge in [0.15, 0.2) is 0 Å². The molecule has 0 amide bonds. The molecule has 2 saturated carbocycles. The SMILES string of the molecule is CCCC(C)(C(C)C)C(C)(C)C1(CC)CC2CC2C1.CO.